The molecule has 0 fully saturated rings. The number of ether oxygens (including phenoxy) is 2. The largest absolute Gasteiger partial charge is 0.426 e. The molecule has 0 radical (unpaired) electrons. The second-order valence-corrected chi connectivity index (χ2v) is 7.23. The fourth-order valence-electron chi connectivity index (χ4n) is 2.15. The lowest BCUT2D eigenvalue weighted by molar-refractivity contribution is -0.137. The van der Waals surface area contributed by atoms with Crippen molar-refractivity contribution in [2.24, 2.45) is 10.9 Å². The highest BCUT2D eigenvalue weighted by molar-refractivity contribution is 14.1. The minimum absolute atomic E-state index is 0.195. The highest BCUT2D eigenvalue weighted by Gasteiger charge is 2.24. The Labute approximate surface area is 164 Å². The van der Waals surface area contributed by atoms with Crippen molar-refractivity contribution in [2.45, 2.75) is 13.8 Å². The third kappa shape index (κ3) is 4.37. The van der Waals surface area contributed by atoms with E-state index in [4.69, 9.17) is 9.47 Å². The number of halogens is 1. The SMILES string of the molecule is CC(C)C(=O)Oc1ccc(/C=C2\N=C(c3ccc(I)cc3)OC2=O)cc1. The molecule has 1 heterocycles. The van der Waals surface area contributed by atoms with Gasteiger partial charge >= 0.3 is 11.9 Å². The zero-order chi connectivity index (χ0) is 18.7. The van der Waals surface area contributed by atoms with E-state index in [0.29, 0.717) is 11.6 Å². The lowest BCUT2D eigenvalue weighted by Gasteiger charge is -2.06. The van der Waals surface area contributed by atoms with E-state index in [1.54, 1.807) is 44.2 Å². The summed E-state index contributed by atoms with van der Waals surface area (Å²) in [5, 5.41) is 0. The van der Waals surface area contributed by atoms with Gasteiger partial charge in [0.05, 0.1) is 5.92 Å². The number of rotatable bonds is 4. The van der Waals surface area contributed by atoms with Crippen molar-refractivity contribution >= 4 is 46.5 Å². The van der Waals surface area contributed by atoms with Crippen LogP contribution in [-0.2, 0) is 14.3 Å². The molecule has 0 aliphatic carbocycles. The molecule has 2 aromatic rings. The van der Waals surface area contributed by atoms with Gasteiger partial charge in [0.1, 0.15) is 5.75 Å². The molecule has 26 heavy (non-hydrogen) atoms. The maximum atomic E-state index is 12.0. The molecule has 6 heteroatoms. The van der Waals surface area contributed by atoms with Crippen molar-refractivity contribution in [1.82, 2.24) is 0 Å². The van der Waals surface area contributed by atoms with Crippen LogP contribution in [0.3, 0.4) is 0 Å². The summed E-state index contributed by atoms with van der Waals surface area (Å²) >= 11 is 2.21. The van der Waals surface area contributed by atoms with E-state index < -0.39 is 5.97 Å². The second-order valence-electron chi connectivity index (χ2n) is 5.99. The minimum Gasteiger partial charge on any atom is -0.426 e. The topological polar surface area (TPSA) is 65.0 Å². The van der Waals surface area contributed by atoms with Gasteiger partial charge in [-0.1, -0.05) is 26.0 Å². The molecular weight excluding hydrogens is 445 g/mol. The van der Waals surface area contributed by atoms with E-state index in [2.05, 4.69) is 27.6 Å². The summed E-state index contributed by atoms with van der Waals surface area (Å²) in [5.74, 6) is -0.224. The average Bonchev–Trinajstić information content (AvgIpc) is 2.98. The molecule has 1 aliphatic rings. The molecule has 0 saturated carbocycles. The summed E-state index contributed by atoms with van der Waals surface area (Å²) in [7, 11) is 0. The number of nitrogens with zero attached hydrogens (tertiary/aromatic N) is 1. The van der Waals surface area contributed by atoms with Crippen molar-refractivity contribution < 1.29 is 19.1 Å². The summed E-state index contributed by atoms with van der Waals surface area (Å²) in [6.07, 6.45) is 1.63. The third-order valence-corrected chi connectivity index (χ3v) is 4.30. The van der Waals surface area contributed by atoms with E-state index in [1.165, 1.54) is 0 Å². The van der Waals surface area contributed by atoms with Crippen LogP contribution in [0, 0.1) is 9.49 Å². The molecule has 3 rings (SSSR count). The van der Waals surface area contributed by atoms with E-state index in [9.17, 15) is 9.59 Å². The molecule has 0 spiro atoms. The van der Waals surface area contributed by atoms with Crippen LogP contribution < -0.4 is 4.74 Å². The quantitative estimate of drug-likeness (QED) is 0.297. The average molecular weight is 461 g/mol. The normalized spacial score (nSPS) is 15.2. The van der Waals surface area contributed by atoms with Gasteiger partial charge in [-0.2, -0.15) is 0 Å². The first kappa shape index (κ1) is 18.3. The van der Waals surface area contributed by atoms with Gasteiger partial charge in [-0.15, -0.1) is 0 Å². The molecule has 0 saturated heterocycles. The first-order valence-electron chi connectivity index (χ1n) is 8.02. The van der Waals surface area contributed by atoms with Crippen LogP contribution in [0.25, 0.3) is 6.08 Å². The van der Waals surface area contributed by atoms with Gasteiger partial charge in [0.25, 0.3) is 0 Å². The predicted octanol–water partition coefficient (Wildman–Crippen LogP) is 4.20. The summed E-state index contributed by atoms with van der Waals surface area (Å²) in [5.41, 5.74) is 1.73. The number of esters is 2. The van der Waals surface area contributed by atoms with Crippen molar-refractivity contribution in [3.63, 3.8) is 0 Å². The number of aliphatic imine (C=N–C) groups is 1. The Balaban J connectivity index is 1.77. The van der Waals surface area contributed by atoms with Crippen LogP contribution in [0.2, 0.25) is 0 Å². The molecule has 0 aromatic heterocycles. The zero-order valence-electron chi connectivity index (χ0n) is 14.2. The number of carbonyl (C=O) groups is 2. The van der Waals surface area contributed by atoms with Crippen LogP contribution >= 0.6 is 22.6 Å². The first-order chi connectivity index (χ1) is 12.4. The van der Waals surface area contributed by atoms with E-state index in [0.717, 1.165) is 14.7 Å². The van der Waals surface area contributed by atoms with Crippen molar-refractivity contribution in [3.8, 4) is 5.75 Å². The number of hydrogen-bond acceptors (Lipinski definition) is 5. The summed E-state index contributed by atoms with van der Waals surface area (Å²) in [6.45, 7) is 3.55. The Hall–Kier alpha value is -2.48. The van der Waals surface area contributed by atoms with Gasteiger partial charge in [-0.3, -0.25) is 4.79 Å². The lowest BCUT2D eigenvalue weighted by Crippen LogP contribution is -2.14. The summed E-state index contributed by atoms with van der Waals surface area (Å²) in [6, 6.07) is 14.4. The highest BCUT2D eigenvalue weighted by Crippen LogP contribution is 2.21. The molecule has 0 unspecified atom stereocenters. The molecule has 0 amide bonds. The molecule has 0 N–H and O–H groups in total. The Morgan fingerprint density at radius 1 is 1.12 bits per heavy atom. The first-order valence-corrected chi connectivity index (χ1v) is 9.10. The van der Waals surface area contributed by atoms with Crippen molar-refractivity contribution in [2.75, 3.05) is 0 Å². The van der Waals surface area contributed by atoms with Gasteiger partial charge in [-0.05, 0) is 70.6 Å². The van der Waals surface area contributed by atoms with Crippen LogP contribution in [-0.4, -0.2) is 17.8 Å². The number of benzene rings is 2. The van der Waals surface area contributed by atoms with Crippen molar-refractivity contribution in [1.29, 1.82) is 0 Å². The molecule has 0 atom stereocenters. The van der Waals surface area contributed by atoms with Gasteiger partial charge in [0.2, 0.25) is 5.90 Å². The van der Waals surface area contributed by atoms with Crippen LogP contribution in [0.5, 0.6) is 5.75 Å². The predicted molar refractivity (Wildman–Crippen MR) is 107 cm³/mol. The van der Waals surface area contributed by atoms with Crippen LogP contribution in [0.15, 0.2) is 59.2 Å². The van der Waals surface area contributed by atoms with Crippen LogP contribution in [0.4, 0.5) is 0 Å². The molecule has 5 nitrogen and oxygen atoms in total. The Bertz CT molecular complexity index is 896. The minimum atomic E-state index is -0.492. The third-order valence-electron chi connectivity index (χ3n) is 3.59. The van der Waals surface area contributed by atoms with Gasteiger partial charge in [-0.25, -0.2) is 9.79 Å². The lowest BCUT2D eigenvalue weighted by atomic mass is 10.2. The fraction of sp³-hybridized carbons (Fsp3) is 0.150. The highest BCUT2D eigenvalue weighted by atomic mass is 127. The molecule has 1 aliphatic heterocycles. The van der Waals surface area contributed by atoms with E-state index in [1.807, 2.05) is 24.3 Å². The molecule has 2 aromatic carbocycles. The Morgan fingerprint density at radius 2 is 1.77 bits per heavy atom. The van der Waals surface area contributed by atoms with Crippen molar-refractivity contribution in [3.05, 3.63) is 68.9 Å². The van der Waals surface area contributed by atoms with Gasteiger partial charge in [0.15, 0.2) is 5.70 Å². The van der Waals surface area contributed by atoms with Gasteiger partial charge in [0, 0.05) is 9.13 Å². The van der Waals surface area contributed by atoms with E-state index in [-0.39, 0.29) is 17.6 Å². The Morgan fingerprint density at radius 3 is 2.38 bits per heavy atom. The standard InChI is InChI=1S/C20H16INO4/c1-12(2)19(23)25-16-9-3-13(4-10-16)11-17-20(24)26-18(22-17)14-5-7-15(21)8-6-14/h3-12H,1-2H3/b17-11-. The smallest absolute Gasteiger partial charge is 0.363 e. The summed E-state index contributed by atoms with van der Waals surface area (Å²) in [4.78, 5) is 27.9. The Kier molecular flexibility index (Phi) is 5.51. The maximum Gasteiger partial charge on any atom is 0.363 e. The molecule has 132 valence electrons. The maximum absolute atomic E-state index is 12.0. The zero-order valence-corrected chi connectivity index (χ0v) is 16.4. The summed E-state index contributed by atoms with van der Waals surface area (Å²) < 4.78 is 11.6. The van der Waals surface area contributed by atoms with E-state index >= 15 is 0 Å². The molecule has 0 bridgehead atoms. The fourth-order valence-corrected chi connectivity index (χ4v) is 2.51. The monoisotopic (exact) mass is 461 g/mol. The molecular formula is C20H16INO4. The second kappa shape index (κ2) is 7.82. The number of carbonyl (C=O) groups excluding carboxylic acids is 2. The van der Waals surface area contributed by atoms with Crippen LogP contribution in [0.1, 0.15) is 25.0 Å². The van der Waals surface area contributed by atoms with Gasteiger partial charge < -0.3 is 9.47 Å². The number of cyclic esters (lactones) is 1. The number of hydrogen-bond donors (Lipinski definition) is 0.